The van der Waals surface area contributed by atoms with E-state index in [4.69, 9.17) is 0 Å². The van der Waals surface area contributed by atoms with Gasteiger partial charge < -0.3 is 5.32 Å². The van der Waals surface area contributed by atoms with Crippen LogP contribution in [-0.2, 0) is 13.0 Å². The summed E-state index contributed by atoms with van der Waals surface area (Å²) in [5.41, 5.74) is 3.14. The number of halogens is 1. The van der Waals surface area contributed by atoms with Crippen LogP contribution in [0.1, 0.15) is 37.0 Å². The number of hydrogen-bond acceptors (Lipinski definition) is 4. The lowest BCUT2D eigenvalue weighted by atomic mass is 10.1. The summed E-state index contributed by atoms with van der Waals surface area (Å²) < 4.78 is 3.12. The van der Waals surface area contributed by atoms with Crippen molar-refractivity contribution in [2.75, 3.05) is 6.54 Å². The highest BCUT2D eigenvalue weighted by Gasteiger charge is 2.20. The van der Waals surface area contributed by atoms with Crippen molar-refractivity contribution in [1.82, 2.24) is 30.5 Å². The fraction of sp³-hybridized carbons (Fsp3) is 0.583. The van der Waals surface area contributed by atoms with E-state index in [1.807, 2.05) is 11.6 Å². The molecule has 1 unspecified atom stereocenters. The second kappa shape index (κ2) is 6.29. The highest BCUT2D eigenvalue weighted by molar-refractivity contribution is 9.10. The van der Waals surface area contributed by atoms with Crippen molar-refractivity contribution in [2.24, 2.45) is 0 Å². The largest absolute Gasteiger partial charge is 0.308 e. The van der Waals surface area contributed by atoms with Crippen molar-refractivity contribution >= 4 is 15.9 Å². The highest BCUT2D eigenvalue weighted by Crippen LogP contribution is 2.25. The van der Waals surface area contributed by atoms with Crippen LogP contribution in [0.3, 0.4) is 0 Å². The number of nitrogens with one attached hydrogen (secondary N) is 2. The molecular weight excluding hydrogens is 308 g/mol. The van der Waals surface area contributed by atoms with E-state index in [2.05, 4.69) is 55.6 Å². The normalized spacial score (nSPS) is 12.8. The lowest BCUT2D eigenvalue weighted by molar-refractivity contribution is 0.505. The van der Waals surface area contributed by atoms with E-state index in [1.165, 1.54) is 5.69 Å². The van der Waals surface area contributed by atoms with Gasteiger partial charge >= 0.3 is 0 Å². The Balaban J connectivity index is 2.27. The lowest BCUT2D eigenvalue weighted by Crippen LogP contribution is -2.24. The number of H-pyrrole nitrogens is 1. The first-order chi connectivity index (χ1) is 9.17. The molecular formula is C12H19BrN6. The summed E-state index contributed by atoms with van der Waals surface area (Å²) in [5, 5.41) is 18.7. The fourth-order valence-corrected chi connectivity index (χ4v) is 2.61. The van der Waals surface area contributed by atoms with Gasteiger partial charge in [-0.15, -0.1) is 0 Å². The molecule has 1 atom stereocenters. The molecule has 2 N–H and O–H groups in total. The summed E-state index contributed by atoms with van der Waals surface area (Å²) in [5.74, 6) is 0. The first-order valence-electron chi connectivity index (χ1n) is 6.48. The summed E-state index contributed by atoms with van der Waals surface area (Å²) in [4.78, 5) is 0. The van der Waals surface area contributed by atoms with E-state index in [-0.39, 0.29) is 6.04 Å². The van der Waals surface area contributed by atoms with Crippen LogP contribution in [0.4, 0.5) is 0 Å². The van der Waals surface area contributed by atoms with Gasteiger partial charge in [0.15, 0.2) is 0 Å². The van der Waals surface area contributed by atoms with E-state index in [0.717, 1.165) is 35.4 Å². The number of hydrogen-bond donors (Lipinski definition) is 2. The molecule has 0 spiro atoms. The van der Waals surface area contributed by atoms with Gasteiger partial charge in [-0.05, 0) is 36.3 Å². The molecule has 0 saturated heterocycles. The minimum atomic E-state index is 0.140. The van der Waals surface area contributed by atoms with Crippen LogP contribution in [0.2, 0.25) is 0 Å². The number of aryl methyl sites for hydroxylation is 2. The summed E-state index contributed by atoms with van der Waals surface area (Å²) in [7, 11) is 0. The van der Waals surface area contributed by atoms with E-state index < -0.39 is 0 Å². The standard InChI is InChI=1S/C12H19BrN6/c1-4-14-9(10-7-15-18-16-10)6-11-12(13)8(3)17-19(11)5-2/h7,9,14H,4-6H2,1-3H3,(H,15,16,18). The van der Waals surface area contributed by atoms with E-state index in [9.17, 15) is 0 Å². The molecule has 7 heteroatoms. The Morgan fingerprint density at radius 2 is 2.26 bits per heavy atom. The molecule has 0 bridgehead atoms. The second-order valence-corrected chi connectivity index (χ2v) is 5.16. The maximum atomic E-state index is 4.52. The van der Waals surface area contributed by atoms with Crippen LogP contribution < -0.4 is 5.32 Å². The lowest BCUT2D eigenvalue weighted by Gasteiger charge is -2.16. The molecule has 0 aliphatic heterocycles. The molecule has 2 aromatic heterocycles. The van der Waals surface area contributed by atoms with Gasteiger partial charge in [0.2, 0.25) is 0 Å². The number of aromatic nitrogens is 5. The van der Waals surface area contributed by atoms with Gasteiger partial charge in [0.25, 0.3) is 0 Å². The summed E-state index contributed by atoms with van der Waals surface area (Å²) in [6, 6.07) is 0.140. The third-order valence-corrected chi connectivity index (χ3v) is 4.12. The van der Waals surface area contributed by atoms with Gasteiger partial charge in [-0.3, -0.25) is 4.68 Å². The Labute approximate surface area is 121 Å². The van der Waals surface area contributed by atoms with E-state index >= 15 is 0 Å². The van der Waals surface area contributed by atoms with Crippen molar-refractivity contribution in [3.8, 4) is 0 Å². The van der Waals surface area contributed by atoms with Gasteiger partial charge in [-0.2, -0.15) is 20.5 Å². The zero-order valence-corrected chi connectivity index (χ0v) is 13.0. The average molecular weight is 327 g/mol. The molecule has 0 radical (unpaired) electrons. The molecule has 0 saturated carbocycles. The number of rotatable bonds is 6. The Kier molecular flexibility index (Phi) is 4.71. The monoisotopic (exact) mass is 326 g/mol. The molecule has 0 aliphatic carbocycles. The van der Waals surface area contributed by atoms with Gasteiger partial charge in [-0.1, -0.05) is 6.92 Å². The van der Waals surface area contributed by atoms with Crippen LogP contribution in [0, 0.1) is 6.92 Å². The van der Waals surface area contributed by atoms with Crippen LogP contribution in [0.15, 0.2) is 10.7 Å². The Hall–Kier alpha value is -1.21. The zero-order chi connectivity index (χ0) is 13.8. The van der Waals surface area contributed by atoms with E-state index in [0.29, 0.717) is 0 Å². The molecule has 19 heavy (non-hydrogen) atoms. The Morgan fingerprint density at radius 3 is 2.84 bits per heavy atom. The molecule has 104 valence electrons. The molecule has 0 aromatic carbocycles. The first-order valence-corrected chi connectivity index (χ1v) is 7.27. The summed E-state index contributed by atoms with van der Waals surface area (Å²) in [6.45, 7) is 7.94. The maximum Gasteiger partial charge on any atom is 0.0997 e. The predicted molar refractivity (Wildman–Crippen MR) is 76.8 cm³/mol. The topological polar surface area (TPSA) is 71.4 Å². The zero-order valence-electron chi connectivity index (χ0n) is 11.4. The minimum Gasteiger partial charge on any atom is -0.308 e. The van der Waals surface area contributed by atoms with Crippen molar-refractivity contribution in [2.45, 2.75) is 39.8 Å². The van der Waals surface area contributed by atoms with Gasteiger partial charge in [0.1, 0.15) is 0 Å². The Bertz CT molecular complexity index is 519. The van der Waals surface area contributed by atoms with E-state index in [1.54, 1.807) is 6.20 Å². The molecule has 0 amide bonds. The minimum absolute atomic E-state index is 0.140. The van der Waals surface area contributed by atoms with Crippen LogP contribution in [0.25, 0.3) is 0 Å². The van der Waals surface area contributed by atoms with Gasteiger partial charge in [-0.25, -0.2) is 0 Å². The van der Waals surface area contributed by atoms with Crippen LogP contribution in [0.5, 0.6) is 0 Å². The van der Waals surface area contributed by atoms with Gasteiger partial charge in [0, 0.05) is 13.0 Å². The maximum absolute atomic E-state index is 4.52. The molecule has 0 aliphatic rings. The smallest absolute Gasteiger partial charge is 0.0997 e. The third-order valence-electron chi connectivity index (χ3n) is 3.09. The summed E-state index contributed by atoms with van der Waals surface area (Å²) in [6.07, 6.45) is 2.59. The van der Waals surface area contributed by atoms with Crippen molar-refractivity contribution in [3.63, 3.8) is 0 Å². The molecule has 0 fully saturated rings. The predicted octanol–water partition coefficient (Wildman–Crippen LogP) is 1.99. The van der Waals surface area contributed by atoms with Crippen LogP contribution >= 0.6 is 15.9 Å². The quantitative estimate of drug-likeness (QED) is 0.851. The molecule has 6 nitrogen and oxygen atoms in total. The third kappa shape index (κ3) is 3.03. The van der Waals surface area contributed by atoms with Crippen molar-refractivity contribution in [1.29, 1.82) is 0 Å². The SMILES string of the molecule is CCNC(Cc1c(Br)c(C)nn1CC)c1cn[nH]n1. The average Bonchev–Trinajstić information content (AvgIpc) is 3.01. The second-order valence-electron chi connectivity index (χ2n) is 4.37. The molecule has 2 heterocycles. The van der Waals surface area contributed by atoms with Gasteiger partial charge in [0.05, 0.1) is 33.8 Å². The Morgan fingerprint density at radius 1 is 1.47 bits per heavy atom. The molecule has 2 rings (SSSR count). The van der Waals surface area contributed by atoms with Crippen molar-refractivity contribution < 1.29 is 0 Å². The molecule has 2 aromatic rings. The summed E-state index contributed by atoms with van der Waals surface area (Å²) >= 11 is 3.63. The number of aromatic amines is 1. The number of likely N-dealkylation sites (N-methyl/N-ethyl adjacent to an activating group) is 1. The first kappa shape index (κ1) is 14.2. The highest BCUT2D eigenvalue weighted by atomic mass is 79.9. The van der Waals surface area contributed by atoms with Crippen molar-refractivity contribution in [3.05, 3.63) is 27.8 Å². The van der Waals surface area contributed by atoms with Crippen LogP contribution in [-0.4, -0.2) is 31.7 Å². The number of nitrogens with zero attached hydrogens (tertiary/aromatic N) is 4. The fourth-order valence-electron chi connectivity index (χ4n) is 2.16.